The number of carbonyl (C=O) groups excluding carboxylic acids is 2. The average molecular weight is 1070 g/mol. The fourth-order valence-corrected chi connectivity index (χ4v) is 16.6. The molecule has 4 aromatic rings. The van der Waals surface area contributed by atoms with Gasteiger partial charge in [-0.2, -0.15) is 26.3 Å². The molecule has 4 nitrogen and oxygen atoms in total. The summed E-state index contributed by atoms with van der Waals surface area (Å²) in [6, 6.07) is 13.9. The van der Waals surface area contributed by atoms with Crippen molar-refractivity contribution in [2.24, 2.45) is 44.3 Å². The van der Waals surface area contributed by atoms with Gasteiger partial charge in [0.1, 0.15) is 22.5 Å². The minimum atomic E-state index is -5.67. The molecular weight excluding hydrogens is 1020 g/mol. The molecule has 12 rings (SSSR count). The molecule has 2 N–H and O–H groups in total. The highest BCUT2D eigenvalue weighted by Gasteiger charge is 2.69. The van der Waals surface area contributed by atoms with E-state index in [-0.39, 0.29) is 33.5 Å². The Hall–Kier alpha value is -4.58. The minimum Gasteiger partial charge on any atom is -0.320 e. The summed E-state index contributed by atoms with van der Waals surface area (Å²) >= 11 is 12.4. The number of amides is 2. The van der Waals surface area contributed by atoms with Gasteiger partial charge in [0.15, 0.2) is 46.5 Å². The number of nitrogens with one attached hydrogen (secondary N) is 2. The number of alkyl halides is 6. The largest absolute Gasteiger partial charge is 0.422 e. The van der Waals surface area contributed by atoms with E-state index in [2.05, 4.69) is 0 Å². The SMILES string of the molecule is C[C@]12CC3C[C@](C)(CC(C(=O)Nc4c(F)c(F)c(C(F)(F)F)c(F)c4F)(C1)[C@H]3c1cccc(Cl)c1)C2.C[C@]12CC3C[C@](C)(CC(C(=O)Nc4c(F)c(F)c(C(F)(F)F)c(F)c4F)(C1)[C@H]3c1cccc(Cl)c1)C2. The third-order valence-corrected chi connectivity index (χ3v) is 17.2. The maximum atomic E-state index is 14.7. The van der Waals surface area contributed by atoms with Crippen molar-refractivity contribution >= 4 is 46.4 Å². The molecule has 0 aliphatic heterocycles. The Morgan fingerprint density at radius 3 is 1.00 bits per heavy atom. The molecule has 10 atom stereocenters. The van der Waals surface area contributed by atoms with Gasteiger partial charge in [-0.15, -0.1) is 0 Å². The number of hydrogen-bond acceptors (Lipinski definition) is 2. The van der Waals surface area contributed by atoms with E-state index in [0.717, 1.165) is 49.7 Å². The van der Waals surface area contributed by atoms with Crippen LogP contribution < -0.4 is 10.6 Å². The van der Waals surface area contributed by atoms with Gasteiger partial charge in [-0.3, -0.25) is 9.59 Å². The second-order valence-electron chi connectivity index (χ2n) is 22.9. The summed E-state index contributed by atoms with van der Waals surface area (Å²) in [5.74, 6) is -22.1. The zero-order valence-electron chi connectivity index (χ0n) is 38.9. The van der Waals surface area contributed by atoms with Crippen molar-refractivity contribution in [1.82, 2.24) is 0 Å². The molecule has 2 amide bonds. The van der Waals surface area contributed by atoms with E-state index in [4.69, 9.17) is 23.2 Å². The highest BCUT2D eigenvalue weighted by molar-refractivity contribution is 6.31. The van der Waals surface area contributed by atoms with Gasteiger partial charge < -0.3 is 10.6 Å². The van der Waals surface area contributed by atoms with Crippen LogP contribution >= 0.6 is 23.2 Å². The lowest BCUT2D eigenvalue weighted by molar-refractivity contribution is -0.174. The molecule has 0 heterocycles. The Morgan fingerprint density at radius 2 is 0.750 bits per heavy atom. The highest BCUT2D eigenvalue weighted by atomic mass is 35.5. The first-order valence-corrected chi connectivity index (χ1v) is 23.9. The van der Waals surface area contributed by atoms with Crippen LogP contribution in [0.3, 0.4) is 0 Å². The van der Waals surface area contributed by atoms with Crippen LogP contribution in [0.4, 0.5) is 72.8 Å². The summed E-state index contributed by atoms with van der Waals surface area (Å²) in [4.78, 5) is 27.8. The van der Waals surface area contributed by atoms with Gasteiger partial charge in [-0.05, 0) is 133 Å². The smallest absolute Gasteiger partial charge is 0.320 e. The predicted octanol–water partition coefficient (Wildman–Crippen LogP) is 16.5. The number of carbonyl (C=O) groups is 2. The van der Waals surface area contributed by atoms with E-state index in [1.807, 2.05) is 50.5 Å². The number of benzene rings is 4. The lowest BCUT2D eigenvalue weighted by Gasteiger charge is -2.68. The van der Waals surface area contributed by atoms with Crippen molar-refractivity contribution in [2.75, 3.05) is 10.6 Å². The summed E-state index contributed by atoms with van der Waals surface area (Å²) in [7, 11) is 0. The molecule has 8 aliphatic rings. The molecule has 8 aliphatic carbocycles. The third-order valence-electron chi connectivity index (χ3n) is 16.7. The van der Waals surface area contributed by atoms with Gasteiger partial charge in [-0.25, -0.2) is 35.1 Å². The van der Waals surface area contributed by atoms with Crippen molar-refractivity contribution in [3.63, 3.8) is 0 Å². The molecule has 4 unspecified atom stereocenters. The molecule has 0 spiro atoms. The van der Waals surface area contributed by atoms with Gasteiger partial charge in [0.05, 0.1) is 10.8 Å². The number of anilines is 2. The van der Waals surface area contributed by atoms with Crippen LogP contribution in [0.15, 0.2) is 48.5 Å². The third kappa shape index (κ3) is 8.43. The Bertz CT molecular complexity index is 2650. The molecule has 8 bridgehead atoms. The molecule has 8 saturated carbocycles. The van der Waals surface area contributed by atoms with Crippen LogP contribution in [0.1, 0.15) is 126 Å². The van der Waals surface area contributed by atoms with Gasteiger partial charge >= 0.3 is 12.4 Å². The van der Waals surface area contributed by atoms with E-state index in [0.29, 0.717) is 35.7 Å². The van der Waals surface area contributed by atoms with Crippen molar-refractivity contribution in [3.05, 3.63) is 127 Å². The van der Waals surface area contributed by atoms with E-state index in [1.54, 1.807) is 36.4 Å². The minimum absolute atomic E-state index is 0.0382. The van der Waals surface area contributed by atoms with Crippen molar-refractivity contribution in [1.29, 1.82) is 0 Å². The van der Waals surface area contributed by atoms with Crippen LogP contribution in [-0.2, 0) is 21.9 Å². The maximum absolute atomic E-state index is 14.7. The van der Waals surface area contributed by atoms with Crippen LogP contribution in [0.5, 0.6) is 0 Å². The normalized spacial score (nSPS) is 33.2. The Balaban J connectivity index is 0.000000178. The molecule has 20 heteroatoms. The van der Waals surface area contributed by atoms with Crippen molar-refractivity contribution < 1.29 is 71.1 Å². The molecule has 0 saturated heterocycles. The second-order valence-corrected chi connectivity index (χ2v) is 23.8. The zero-order valence-corrected chi connectivity index (χ0v) is 40.4. The monoisotopic (exact) mass is 1070 g/mol. The highest BCUT2D eigenvalue weighted by Crippen LogP contribution is 2.75. The van der Waals surface area contributed by atoms with E-state index >= 15 is 0 Å². The van der Waals surface area contributed by atoms with Crippen molar-refractivity contribution in [2.45, 2.75) is 116 Å². The van der Waals surface area contributed by atoms with Gasteiger partial charge in [0, 0.05) is 21.9 Å². The molecule has 8 fully saturated rings. The summed E-state index contributed by atoms with van der Waals surface area (Å²) in [5.41, 5.74) is -10.4. The summed E-state index contributed by atoms with van der Waals surface area (Å²) in [6.45, 7) is 8.19. The first-order chi connectivity index (χ1) is 33.2. The summed E-state index contributed by atoms with van der Waals surface area (Å²) < 4.78 is 194. The van der Waals surface area contributed by atoms with Crippen molar-refractivity contribution in [3.8, 4) is 0 Å². The van der Waals surface area contributed by atoms with E-state index in [1.165, 1.54) is 0 Å². The van der Waals surface area contributed by atoms with Gasteiger partial charge in [-0.1, -0.05) is 75.2 Å². The zero-order chi connectivity index (χ0) is 52.8. The Labute approximate surface area is 414 Å². The lowest BCUT2D eigenvalue weighted by Crippen LogP contribution is -2.62. The molecular formula is C52H46Cl2F14N2O2. The first-order valence-electron chi connectivity index (χ1n) is 23.2. The molecule has 388 valence electrons. The topological polar surface area (TPSA) is 58.2 Å². The number of rotatable bonds is 6. The second kappa shape index (κ2) is 17.0. The van der Waals surface area contributed by atoms with E-state index < -0.39 is 116 Å². The summed E-state index contributed by atoms with van der Waals surface area (Å²) in [6.07, 6.45) is -4.95. The Morgan fingerprint density at radius 1 is 0.472 bits per heavy atom. The quantitative estimate of drug-likeness (QED) is 0.149. The average Bonchev–Trinajstić information content (AvgIpc) is 3.22. The first kappa shape index (κ1) is 52.3. The Kier molecular flexibility index (Phi) is 12.3. The number of hydrogen-bond donors (Lipinski definition) is 2. The molecule has 0 radical (unpaired) electrons. The fourth-order valence-electron chi connectivity index (χ4n) is 16.2. The maximum Gasteiger partial charge on any atom is 0.422 e. The lowest BCUT2D eigenvalue weighted by atomic mass is 9.36. The van der Waals surface area contributed by atoms with E-state index in [9.17, 15) is 71.1 Å². The van der Waals surface area contributed by atoms with Crippen LogP contribution in [-0.4, -0.2) is 11.8 Å². The predicted molar refractivity (Wildman–Crippen MR) is 239 cm³/mol. The van der Waals surface area contributed by atoms with Gasteiger partial charge in [0.2, 0.25) is 11.8 Å². The molecule has 0 aromatic heterocycles. The van der Waals surface area contributed by atoms with Crippen LogP contribution in [0.2, 0.25) is 10.0 Å². The van der Waals surface area contributed by atoms with Gasteiger partial charge in [0.25, 0.3) is 0 Å². The van der Waals surface area contributed by atoms with Crippen LogP contribution in [0, 0.1) is 90.9 Å². The molecule has 4 aromatic carbocycles. The fraction of sp³-hybridized carbons (Fsp3) is 0.500. The standard InChI is InChI=1S/2C26H23ClF7NO/c2*1-23-7-13-8-24(2,9-23)11-25(10-23,15(13)12-4-3-5-14(27)6-12)22(36)35-21-19(30)17(28)16(26(32,33)34)18(29)20(21)31/h2*3-6,13,15H,7-11H2,1-2H3,(H,35,36)/t2*13?,15-,23-,24+,25?/m00/s1. The summed E-state index contributed by atoms with van der Waals surface area (Å²) in [5, 5.41) is 4.84. The molecule has 72 heavy (non-hydrogen) atoms. The number of halogens is 16. The van der Waals surface area contributed by atoms with Crippen LogP contribution in [0.25, 0.3) is 0 Å².